The topological polar surface area (TPSA) is 105 Å². The molecule has 2 heterocycles. The molecule has 3 rings (SSSR count). The molecule has 1 aromatic carbocycles. The van der Waals surface area contributed by atoms with Crippen molar-refractivity contribution < 1.29 is 27.9 Å². The number of aliphatic hydroxyl groups excluding tert-OH is 1. The van der Waals surface area contributed by atoms with E-state index in [1.807, 2.05) is 4.90 Å². The number of benzene rings is 1. The lowest BCUT2D eigenvalue weighted by molar-refractivity contribution is -0.384. The van der Waals surface area contributed by atoms with E-state index in [1.165, 1.54) is 24.3 Å². The normalized spacial score (nSPS) is 16.3. The lowest BCUT2D eigenvalue weighted by Crippen LogP contribution is -2.49. The van der Waals surface area contributed by atoms with Crippen molar-refractivity contribution in [3.8, 4) is 5.75 Å². The van der Waals surface area contributed by atoms with E-state index in [2.05, 4.69) is 9.97 Å². The molecule has 9 nitrogen and oxygen atoms in total. The van der Waals surface area contributed by atoms with E-state index in [0.29, 0.717) is 38.5 Å². The first-order valence-corrected chi connectivity index (χ1v) is 9.15. The number of halogens is 3. The Kier molecular flexibility index (Phi) is 6.67. The van der Waals surface area contributed by atoms with Gasteiger partial charge in [0.25, 0.3) is 5.69 Å². The third kappa shape index (κ3) is 5.76. The Balaban J connectivity index is 1.44. The van der Waals surface area contributed by atoms with Crippen LogP contribution in [0.2, 0.25) is 0 Å². The molecule has 1 aliphatic rings. The summed E-state index contributed by atoms with van der Waals surface area (Å²) < 4.78 is 43.9. The molecule has 12 heteroatoms. The van der Waals surface area contributed by atoms with Crippen LogP contribution in [0.3, 0.4) is 0 Å². The van der Waals surface area contributed by atoms with E-state index in [-0.39, 0.29) is 18.2 Å². The summed E-state index contributed by atoms with van der Waals surface area (Å²) in [5, 5.41) is 20.8. The van der Waals surface area contributed by atoms with E-state index < -0.39 is 22.9 Å². The van der Waals surface area contributed by atoms with Crippen molar-refractivity contribution in [2.75, 3.05) is 44.2 Å². The van der Waals surface area contributed by atoms with Gasteiger partial charge in [-0.2, -0.15) is 13.2 Å². The first kappa shape index (κ1) is 21.7. The van der Waals surface area contributed by atoms with Gasteiger partial charge in [-0.15, -0.1) is 0 Å². The van der Waals surface area contributed by atoms with Crippen molar-refractivity contribution in [3.05, 3.63) is 52.3 Å². The highest BCUT2D eigenvalue weighted by Crippen LogP contribution is 2.28. The van der Waals surface area contributed by atoms with Crippen LogP contribution in [0.1, 0.15) is 5.69 Å². The van der Waals surface area contributed by atoms with Gasteiger partial charge in [0.05, 0.1) is 4.92 Å². The summed E-state index contributed by atoms with van der Waals surface area (Å²) >= 11 is 0. The minimum absolute atomic E-state index is 0.00869. The van der Waals surface area contributed by atoms with E-state index >= 15 is 0 Å². The van der Waals surface area contributed by atoms with Crippen molar-refractivity contribution in [3.63, 3.8) is 0 Å². The Hall–Kier alpha value is -2.99. The van der Waals surface area contributed by atoms with Gasteiger partial charge in [0, 0.05) is 51.1 Å². The number of rotatable bonds is 7. The molecule has 0 spiro atoms. The SMILES string of the molecule is O=[N+]([O-])c1ccc(OCC(O)CN2CCN(c3nccc(C(F)(F)F)n3)CC2)cc1. The maximum Gasteiger partial charge on any atom is 0.433 e. The average Bonchev–Trinajstić information content (AvgIpc) is 2.72. The summed E-state index contributed by atoms with van der Waals surface area (Å²) in [5.74, 6) is 0.442. The third-order valence-corrected chi connectivity index (χ3v) is 4.55. The fraction of sp³-hybridized carbons (Fsp3) is 0.444. The molecule has 1 saturated heterocycles. The van der Waals surface area contributed by atoms with Crippen LogP contribution in [0.4, 0.5) is 24.8 Å². The molecule has 2 aromatic rings. The number of ether oxygens (including phenoxy) is 1. The van der Waals surface area contributed by atoms with Gasteiger partial charge in [-0.3, -0.25) is 15.0 Å². The Bertz CT molecular complexity index is 858. The number of non-ortho nitro benzene ring substituents is 1. The number of aromatic nitrogens is 2. The number of β-amino-alcohol motifs (C(OH)–C–C–N with tert-alkyl or cyclic N) is 1. The first-order valence-electron chi connectivity index (χ1n) is 9.15. The molecule has 0 amide bonds. The van der Waals surface area contributed by atoms with Crippen molar-refractivity contribution in [1.29, 1.82) is 0 Å². The number of hydrogen-bond acceptors (Lipinski definition) is 8. The highest BCUT2D eigenvalue weighted by molar-refractivity contribution is 5.36. The minimum Gasteiger partial charge on any atom is -0.491 e. The molecule has 0 radical (unpaired) electrons. The standard InChI is InChI=1S/C18H20F3N5O4/c19-18(20,21)16-5-6-22-17(23-16)25-9-7-24(8-10-25)11-14(27)12-30-15-3-1-13(2-4-15)26(28)29/h1-6,14,27H,7-12H2. The van der Waals surface area contributed by atoms with Crippen molar-refractivity contribution in [1.82, 2.24) is 14.9 Å². The van der Waals surface area contributed by atoms with Crippen molar-refractivity contribution >= 4 is 11.6 Å². The van der Waals surface area contributed by atoms with Gasteiger partial charge in [0.2, 0.25) is 5.95 Å². The molecule has 1 unspecified atom stereocenters. The zero-order valence-electron chi connectivity index (χ0n) is 15.8. The van der Waals surface area contributed by atoms with Gasteiger partial charge in [0.15, 0.2) is 0 Å². The van der Waals surface area contributed by atoms with E-state index in [0.717, 1.165) is 12.3 Å². The Morgan fingerprint density at radius 3 is 2.43 bits per heavy atom. The number of nitro benzene ring substituents is 1. The summed E-state index contributed by atoms with van der Waals surface area (Å²) in [6.07, 6.45) is -4.22. The molecule has 1 aliphatic heterocycles. The molecule has 0 saturated carbocycles. The van der Waals surface area contributed by atoms with Gasteiger partial charge < -0.3 is 14.7 Å². The van der Waals surface area contributed by atoms with Gasteiger partial charge in [-0.1, -0.05) is 0 Å². The third-order valence-electron chi connectivity index (χ3n) is 4.55. The largest absolute Gasteiger partial charge is 0.491 e. The smallest absolute Gasteiger partial charge is 0.433 e. The number of alkyl halides is 3. The highest BCUT2D eigenvalue weighted by Gasteiger charge is 2.33. The quantitative estimate of drug-likeness (QED) is 0.528. The molecule has 1 fully saturated rings. The molecule has 30 heavy (non-hydrogen) atoms. The number of piperazine rings is 1. The molecule has 0 bridgehead atoms. The van der Waals surface area contributed by atoms with E-state index in [1.54, 1.807) is 4.90 Å². The van der Waals surface area contributed by atoms with Crippen molar-refractivity contribution in [2.24, 2.45) is 0 Å². The number of aliphatic hydroxyl groups is 1. The lowest BCUT2D eigenvalue weighted by atomic mass is 10.2. The van der Waals surface area contributed by atoms with Crippen LogP contribution in [0.15, 0.2) is 36.5 Å². The summed E-state index contributed by atoms with van der Waals surface area (Å²) in [4.78, 5) is 21.3. The molecule has 1 aromatic heterocycles. The van der Waals surface area contributed by atoms with Crippen molar-refractivity contribution in [2.45, 2.75) is 12.3 Å². The second kappa shape index (κ2) is 9.22. The molecule has 0 aliphatic carbocycles. The van der Waals surface area contributed by atoms with Gasteiger partial charge in [0.1, 0.15) is 24.2 Å². The predicted octanol–water partition coefficient (Wildman–Crippen LogP) is 1.97. The average molecular weight is 427 g/mol. The number of nitro groups is 1. The molecular formula is C18H20F3N5O4. The number of hydrogen-bond donors (Lipinski definition) is 1. The van der Waals surface area contributed by atoms with Crippen LogP contribution >= 0.6 is 0 Å². The van der Waals surface area contributed by atoms with Crippen LogP contribution in [-0.2, 0) is 6.18 Å². The first-order chi connectivity index (χ1) is 14.2. The fourth-order valence-electron chi connectivity index (χ4n) is 3.00. The zero-order chi connectivity index (χ0) is 21.7. The maximum absolute atomic E-state index is 12.8. The highest BCUT2D eigenvalue weighted by atomic mass is 19.4. The molecule has 1 atom stereocenters. The summed E-state index contributed by atoms with van der Waals surface area (Å²) in [6, 6.07) is 6.38. The second-order valence-electron chi connectivity index (χ2n) is 6.74. The van der Waals surface area contributed by atoms with Gasteiger partial charge in [-0.25, -0.2) is 9.97 Å². The zero-order valence-corrected chi connectivity index (χ0v) is 15.8. The Morgan fingerprint density at radius 1 is 1.17 bits per heavy atom. The predicted molar refractivity (Wildman–Crippen MR) is 100 cm³/mol. The molecular weight excluding hydrogens is 407 g/mol. The number of nitrogens with zero attached hydrogens (tertiary/aromatic N) is 5. The lowest BCUT2D eigenvalue weighted by Gasteiger charge is -2.35. The van der Waals surface area contributed by atoms with E-state index in [4.69, 9.17) is 4.74 Å². The minimum atomic E-state index is -4.52. The summed E-state index contributed by atoms with van der Waals surface area (Å²) in [7, 11) is 0. The van der Waals surface area contributed by atoms with Crippen LogP contribution in [0.25, 0.3) is 0 Å². The second-order valence-corrected chi connectivity index (χ2v) is 6.74. The monoisotopic (exact) mass is 427 g/mol. The molecule has 162 valence electrons. The van der Waals surface area contributed by atoms with Crippen LogP contribution in [0, 0.1) is 10.1 Å². The van der Waals surface area contributed by atoms with Crippen LogP contribution in [-0.4, -0.2) is 70.3 Å². The van der Waals surface area contributed by atoms with Crippen LogP contribution in [0.5, 0.6) is 5.75 Å². The summed E-state index contributed by atoms with van der Waals surface area (Å²) in [6.45, 7) is 2.23. The summed E-state index contributed by atoms with van der Waals surface area (Å²) in [5.41, 5.74) is -1.03. The maximum atomic E-state index is 12.8. The Labute approximate surface area is 169 Å². The van der Waals surface area contributed by atoms with Gasteiger partial charge >= 0.3 is 6.18 Å². The molecule has 1 N–H and O–H groups in total. The fourth-order valence-corrected chi connectivity index (χ4v) is 3.00. The van der Waals surface area contributed by atoms with E-state index in [9.17, 15) is 28.4 Å². The number of anilines is 1. The van der Waals surface area contributed by atoms with Gasteiger partial charge in [-0.05, 0) is 18.2 Å². The van der Waals surface area contributed by atoms with Crippen LogP contribution < -0.4 is 9.64 Å². The Morgan fingerprint density at radius 2 is 1.83 bits per heavy atom.